The summed E-state index contributed by atoms with van der Waals surface area (Å²) in [6, 6.07) is 8.82. The number of carbonyl (C=O) groups excluding carboxylic acids is 4. The van der Waals surface area contributed by atoms with E-state index in [2.05, 4.69) is 15.7 Å². The predicted molar refractivity (Wildman–Crippen MR) is 160 cm³/mol. The van der Waals surface area contributed by atoms with E-state index in [1.165, 1.54) is 9.36 Å². The molecule has 1 fully saturated rings. The molecular formula is C30H33FN8O6. The first kappa shape index (κ1) is 31.1. The number of carbonyl (C=O) groups is 5. The fraction of sp³-hybridized carbons (Fsp3) is 0.367. The molecular weight excluding hydrogens is 587 g/mol. The van der Waals surface area contributed by atoms with Crippen LogP contribution >= 0.6 is 0 Å². The normalized spacial score (nSPS) is 13.7. The van der Waals surface area contributed by atoms with Crippen molar-refractivity contribution in [3.63, 3.8) is 0 Å². The van der Waals surface area contributed by atoms with E-state index in [9.17, 15) is 24.0 Å². The lowest BCUT2D eigenvalue weighted by molar-refractivity contribution is -0.137. The maximum Gasteiger partial charge on any atom is 0.322 e. The summed E-state index contributed by atoms with van der Waals surface area (Å²) in [5.74, 6) is -3.65. The Morgan fingerprint density at radius 2 is 1.73 bits per heavy atom. The number of benzene rings is 2. The predicted octanol–water partition coefficient (Wildman–Crippen LogP) is 1.02. The highest BCUT2D eigenvalue weighted by atomic mass is 19.1. The Kier molecular flexibility index (Phi) is 9.06. The topological polar surface area (TPSA) is 195 Å². The maximum absolute atomic E-state index is 16.0. The van der Waals surface area contributed by atoms with Crippen LogP contribution < -0.4 is 16.4 Å². The van der Waals surface area contributed by atoms with Crippen molar-refractivity contribution >= 4 is 51.4 Å². The van der Waals surface area contributed by atoms with Crippen LogP contribution in [0.3, 0.4) is 0 Å². The lowest BCUT2D eigenvalue weighted by atomic mass is 9.88. The average molecular weight is 621 g/mol. The van der Waals surface area contributed by atoms with Gasteiger partial charge in [0.05, 0.1) is 24.0 Å². The van der Waals surface area contributed by atoms with Crippen molar-refractivity contribution < 1.29 is 33.5 Å². The molecule has 4 amide bonds. The van der Waals surface area contributed by atoms with Crippen molar-refractivity contribution in [2.24, 2.45) is 12.8 Å². The van der Waals surface area contributed by atoms with Gasteiger partial charge in [0.2, 0.25) is 23.6 Å². The second-order valence-electron chi connectivity index (χ2n) is 10.9. The SMILES string of the molecule is Cn1ncc2ccc(-c3cccc4c3c(C3CCN(C(=O)CCC(N)=O)CC3)nn4CC(=O)NCC(=O)NCC(=O)O)c(F)c21. The van der Waals surface area contributed by atoms with Gasteiger partial charge >= 0.3 is 5.97 Å². The average Bonchev–Trinajstić information content (AvgIpc) is 3.58. The fourth-order valence-corrected chi connectivity index (χ4v) is 5.71. The molecule has 1 aliphatic rings. The molecule has 2 aromatic carbocycles. The summed E-state index contributed by atoms with van der Waals surface area (Å²) in [6.45, 7) is -0.372. The van der Waals surface area contributed by atoms with Crippen LogP contribution in [0.15, 0.2) is 36.5 Å². The molecule has 1 saturated heterocycles. The first-order valence-electron chi connectivity index (χ1n) is 14.4. The van der Waals surface area contributed by atoms with Gasteiger partial charge in [-0.3, -0.25) is 33.3 Å². The van der Waals surface area contributed by atoms with Crippen LogP contribution in [0.4, 0.5) is 4.39 Å². The van der Waals surface area contributed by atoms with E-state index in [1.807, 2.05) is 0 Å². The molecule has 0 radical (unpaired) electrons. The van der Waals surface area contributed by atoms with E-state index >= 15 is 4.39 Å². The number of nitrogens with zero attached hydrogens (tertiary/aromatic N) is 5. The molecule has 14 nitrogen and oxygen atoms in total. The molecule has 236 valence electrons. The van der Waals surface area contributed by atoms with Gasteiger partial charge in [0.15, 0.2) is 5.82 Å². The van der Waals surface area contributed by atoms with Gasteiger partial charge in [-0.05, 0) is 24.5 Å². The number of hydrogen-bond acceptors (Lipinski definition) is 7. The number of likely N-dealkylation sites (tertiary alicyclic amines) is 1. The standard InChI is InChI=1S/C30H33FN8O6/c1-37-30-18(13-35-37)5-6-20(28(30)31)19-3-2-4-21-27(19)29(17-9-11-38(12-10-17)25(43)8-7-22(32)40)36-39(21)16-24(42)33-14-23(41)34-15-26(44)45/h2-6,13,17H,7-12,14-16H2,1H3,(H2,32,40)(H,33,42)(H,34,41)(H,44,45). The van der Waals surface area contributed by atoms with Crippen molar-refractivity contribution in [3.8, 4) is 11.1 Å². The van der Waals surface area contributed by atoms with Crippen LogP contribution in [0.25, 0.3) is 32.9 Å². The van der Waals surface area contributed by atoms with Gasteiger partial charge in [0.1, 0.15) is 18.6 Å². The van der Waals surface area contributed by atoms with Crippen molar-refractivity contribution in [1.82, 2.24) is 35.1 Å². The Morgan fingerprint density at radius 3 is 2.44 bits per heavy atom. The van der Waals surface area contributed by atoms with E-state index < -0.39 is 42.6 Å². The summed E-state index contributed by atoms with van der Waals surface area (Å²) < 4.78 is 19.0. The van der Waals surface area contributed by atoms with Gasteiger partial charge in [0.25, 0.3) is 0 Å². The van der Waals surface area contributed by atoms with Crippen molar-refractivity contribution in [2.75, 3.05) is 26.2 Å². The number of rotatable bonds is 11. The van der Waals surface area contributed by atoms with Crippen LogP contribution in [-0.2, 0) is 37.6 Å². The Bertz CT molecular complexity index is 1810. The summed E-state index contributed by atoms with van der Waals surface area (Å²) in [5.41, 5.74) is 7.71. The highest BCUT2D eigenvalue weighted by molar-refractivity contribution is 6.00. The number of aliphatic carboxylic acids is 1. The Morgan fingerprint density at radius 1 is 1.00 bits per heavy atom. The van der Waals surface area contributed by atoms with Gasteiger partial charge in [-0.15, -0.1) is 0 Å². The number of aryl methyl sites for hydroxylation is 1. The van der Waals surface area contributed by atoms with Gasteiger partial charge in [-0.1, -0.05) is 24.3 Å². The number of primary amides is 1. The second-order valence-corrected chi connectivity index (χ2v) is 10.9. The number of nitrogens with one attached hydrogen (secondary N) is 2. The highest BCUT2D eigenvalue weighted by Crippen LogP contribution is 2.40. The van der Waals surface area contributed by atoms with E-state index in [0.29, 0.717) is 64.6 Å². The maximum atomic E-state index is 16.0. The number of halogens is 1. The Labute approximate surface area is 256 Å². The monoisotopic (exact) mass is 620 g/mol. The van der Waals surface area contributed by atoms with Gasteiger partial charge < -0.3 is 26.4 Å². The number of carboxylic acids is 1. The van der Waals surface area contributed by atoms with Gasteiger partial charge in [-0.2, -0.15) is 10.2 Å². The number of fused-ring (bicyclic) bond motifs is 2. The Balaban J connectivity index is 1.47. The largest absolute Gasteiger partial charge is 0.480 e. The molecule has 0 saturated carbocycles. The van der Waals surface area contributed by atoms with Crippen LogP contribution in [0, 0.1) is 5.82 Å². The molecule has 1 aliphatic heterocycles. The smallest absolute Gasteiger partial charge is 0.322 e. The number of hydrogen-bond donors (Lipinski definition) is 4. The minimum Gasteiger partial charge on any atom is -0.480 e. The number of aromatic nitrogens is 4. The molecule has 0 spiro atoms. The summed E-state index contributed by atoms with van der Waals surface area (Å²) >= 11 is 0. The summed E-state index contributed by atoms with van der Waals surface area (Å²) in [4.78, 5) is 60.9. The van der Waals surface area contributed by atoms with E-state index in [4.69, 9.17) is 15.9 Å². The lowest BCUT2D eigenvalue weighted by Gasteiger charge is -2.31. The minimum absolute atomic E-state index is 0.0208. The highest BCUT2D eigenvalue weighted by Gasteiger charge is 2.29. The number of amides is 4. The van der Waals surface area contributed by atoms with Crippen molar-refractivity contribution in [1.29, 1.82) is 0 Å². The molecule has 2 aromatic heterocycles. The quantitative estimate of drug-likeness (QED) is 0.191. The molecule has 45 heavy (non-hydrogen) atoms. The molecule has 0 atom stereocenters. The molecule has 0 aliphatic carbocycles. The lowest BCUT2D eigenvalue weighted by Crippen LogP contribution is -2.40. The minimum atomic E-state index is -1.21. The number of piperidine rings is 1. The van der Waals surface area contributed by atoms with E-state index in [0.717, 1.165) is 0 Å². The first-order chi connectivity index (χ1) is 21.5. The summed E-state index contributed by atoms with van der Waals surface area (Å²) in [6.07, 6.45) is 2.73. The van der Waals surface area contributed by atoms with Crippen molar-refractivity contribution in [2.45, 2.75) is 38.1 Å². The zero-order chi connectivity index (χ0) is 32.2. The molecule has 4 aromatic rings. The van der Waals surface area contributed by atoms with Crippen molar-refractivity contribution in [3.05, 3.63) is 48.0 Å². The Hall–Kier alpha value is -5.34. The number of carboxylic acid groups (broad SMARTS) is 1. The number of nitrogens with two attached hydrogens (primary N) is 1. The van der Waals surface area contributed by atoms with Crippen LogP contribution in [0.1, 0.15) is 37.3 Å². The zero-order valence-electron chi connectivity index (χ0n) is 24.6. The molecule has 15 heteroatoms. The molecule has 3 heterocycles. The van der Waals surface area contributed by atoms with E-state index in [-0.39, 0.29) is 31.2 Å². The summed E-state index contributed by atoms with van der Waals surface area (Å²) in [7, 11) is 1.66. The first-order valence-corrected chi connectivity index (χ1v) is 14.4. The van der Waals surface area contributed by atoms with Gasteiger partial charge in [0, 0.05) is 55.2 Å². The third-order valence-corrected chi connectivity index (χ3v) is 7.93. The molecule has 0 unspecified atom stereocenters. The fourth-order valence-electron chi connectivity index (χ4n) is 5.71. The molecule has 5 N–H and O–H groups in total. The van der Waals surface area contributed by atoms with Crippen LogP contribution in [-0.4, -0.2) is 85.3 Å². The third kappa shape index (κ3) is 6.76. The molecule has 5 rings (SSSR count). The third-order valence-electron chi connectivity index (χ3n) is 7.93. The van der Waals surface area contributed by atoms with Crippen LogP contribution in [0.2, 0.25) is 0 Å². The van der Waals surface area contributed by atoms with Crippen LogP contribution in [0.5, 0.6) is 0 Å². The zero-order valence-corrected chi connectivity index (χ0v) is 24.6. The summed E-state index contributed by atoms with van der Waals surface area (Å²) in [5, 5.41) is 23.7. The second kappa shape index (κ2) is 13.1. The molecule has 0 bridgehead atoms. The van der Waals surface area contributed by atoms with E-state index in [1.54, 1.807) is 48.5 Å². The van der Waals surface area contributed by atoms with Gasteiger partial charge in [-0.25, -0.2) is 4.39 Å².